The number of nitrogens with one attached hydrogen (secondary N) is 3. The van der Waals surface area contributed by atoms with Crippen LogP contribution in [0.2, 0.25) is 0 Å². The number of hydrogen-bond acceptors (Lipinski definition) is 7. The maximum Gasteiger partial charge on any atom is 0.274 e. The van der Waals surface area contributed by atoms with Gasteiger partial charge in [0.25, 0.3) is 5.91 Å². The van der Waals surface area contributed by atoms with Gasteiger partial charge in [-0.2, -0.15) is 5.10 Å². The topological polar surface area (TPSA) is 127 Å². The maximum atomic E-state index is 14.1. The molecule has 0 atom stereocenters. The third-order valence-electron chi connectivity index (χ3n) is 6.40. The number of nitrogens with two attached hydrogens (primary N) is 1. The molecule has 10 nitrogen and oxygen atoms in total. The van der Waals surface area contributed by atoms with Gasteiger partial charge in [-0.15, -0.1) is 5.10 Å². The molecule has 0 aliphatic heterocycles. The Bertz CT molecular complexity index is 1370. The molecule has 4 heterocycles. The summed E-state index contributed by atoms with van der Waals surface area (Å²) in [4.78, 5) is 16.8. The van der Waals surface area contributed by atoms with Gasteiger partial charge in [0, 0.05) is 42.7 Å². The van der Waals surface area contributed by atoms with E-state index in [1.54, 1.807) is 16.6 Å². The number of carbonyl (C=O) groups excluding carboxylic acids is 1. The highest BCUT2D eigenvalue weighted by atomic mass is 19.1. The summed E-state index contributed by atoms with van der Waals surface area (Å²) in [5, 5.41) is 18.8. The summed E-state index contributed by atoms with van der Waals surface area (Å²) in [5.41, 5.74) is 7.82. The lowest BCUT2D eigenvalue weighted by Crippen LogP contribution is -2.33. The molecule has 36 heavy (non-hydrogen) atoms. The fourth-order valence-corrected chi connectivity index (χ4v) is 4.40. The van der Waals surface area contributed by atoms with Crippen LogP contribution >= 0.6 is 0 Å². The van der Waals surface area contributed by atoms with Gasteiger partial charge in [-0.25, -0.2) is 8.91 Å². The molecule has 0 saturated heterocycles. The molecule has 0 aromatic carbocycles. The monoisotopic (exact) mass is 491 g/mol. The second-order valence-electron chi connectivity index (χ2n) is 9.42. The second-order valence-corrected chi connectivity index (χ2v) is 9.42. The van der Waals surface area contributed by atoms with Gasteiger partial charge in [0.05, 0.1) is 23.1 Å². The number of pyridine rings is 1. The number of anilines is 4. The van der Waals surface area contributed by atoms with Crippen molar-refractivity contribution in [3.8, 4) is 0 Å². The van der Waals surface area contributed by atoms with Crippen LogP contribution in [0.15, 0.2) is 48.9 Å². The number of nitrogens with zero attached hydrogens (tertiary/aromatic N) is 5. The summed E-state index contributed by atoms with van der Waals surface area (Å²) in [6.07, 6.45) is 8.18. The number of halogens is 1. The van der Waals surface area contributed by atoms with Gasteiger partial charge in [-0.3, -0.25) is 14.5 Å². The Labute approximate surface area is 208 Å². The Morgan fingerprint density at radius 1 is 1.08 bits per heavy atom. The van der Waals surface area contributed by atoms with E-state index in [1.165, 1.54) is 12.3 Å². The van der Waals surface area contributed by atoms with E-state index in [9.17, 15) is 9.18 Å². The first-order valence-electron chi connectivity index (χ1n) is 12.2. The lowest BCUT2D eigenvalue weighted by atomic mass is 9.92. The Balaban J connectivity index is 1.49. The van der Waals surface area contributed by atoms with E-state index in [4.69, 9.17) is 10.8 Å². The molecule has 4 aromatic heterocycles. The summed E-state index contributed by atoms with van der Waals surface area (Å²) >= 11 is 0. The highest BCUT2D eigenvalue weighted by molar-refractivity contribution is 6.04. The van der Waals surface area contributed by atoms with E-state index in [-0.39, 0.29) is 29.5 Å². The van der Waals surface area contributed by atoms with Crippen molar-refractivity contribution in [2.24, 2.45) is 5.73 Å². The van der Waals surface area contributed by atoms with E-state index >= 15 is 0 Å². The van der Waals surface area contributed by atoms with Crippen LogP contribution in [0.3, 0.4) is 0 Å². The third-order valence-corrected chi connectivity index (χ3v) is 6.40. The van der Waals surface area contributed by atoms with E-state index < -0.39 is 11.7 Å². The summed E-state index contributed by atoms with van der Waals surface area (Å²) in [6, 6.07) is 9.40. The summed E-state index contributed by atoms with van der Waals surface area (Å²) in [6.45, 7) is 4.12. The van der Waals surface area contributed by atoms with Crippen LogP contribution < -0.4 is 21.7 Å². The van der Waals surface area contributed by atoms with Crippen molar-refractivity contribution < 1.29 is 9.18 Å². The Morgan fingerprint density at radius 3 is 2.61 bits per heavy atom. The van der Waals surface area contributed by atoms with Crippen molar-refractivity contribution in [1.29, 1.82) is 0 Å². The molecule has 4 aromatic rings. The van der Waals surface area contributed by atoms with Gasteiger partial charge >= 0.3 is 0 Å². The minimum atomic E-state index is -0.611. The van der Waals surface area contributed by atoms with Crippen LogP contribution in [0, 0.1) is 5.82 Å². The molecule has 1 saturated carbocycles. The van der Waals surface area contributed by atoms with Crippen molar-refractivity contribution in [2.75, 3.05) is 16.0 Å². The Morgan fingerprint density at radius 2 is 1.89 bits per heavy atom. The molecule has 11 heteroatoms. The lowest BCUT2D eigenvalue weighted by molar-refractivity contribution is 0.102. The normalized spacial score (nSPS) is 17.9. The van der Waals surface area contributed by atoms with Crippen molar-refractivity contribution in [2.45, 2.75) is 57.7 Å². The molecule has 5 N–H and O–H groups in total. The van der Waals surface area contributed by atoms with Crippen molar-refractivity contribution in [3.05, 3.63) is 60.4 Å². The van der Waals surface area contributed by atoms with Crippen molar-refractivity contribution >= 4 is 34.4 Å². The molecule has 1 fully saturated rings. The van der Waals surface area contributed by atoms with Crippen LogP contribution in [0.4, 0.5) is 27.4 Å². The Hall–Kier alpha value is -3.99. The zero-order valence-corrected chi connectivity index (χ0v) is 20.3. The molecule has 1 aliphatic carbocycles. The van der Waals surface area contributed by atoms with Crippen molar-refractivity contribution in [1.82, 2.24) is 24.4 Å². The van der Waals surface area contributed by atoms with E-state index in [2.05, 4.69) is 39.9 Å². The van der Waals surface area contributed by atoms with Crippen LogP contribution in [0.1, 0.15) is 56.1 Å². The molecule has 188 valence electrons. The molecule has 0 bridgehead atoms. The average molecular weight is 492 g/mol. The van der Waals surface area contributed by atoms with E-state index in [0.29, 0.717) is 17.2 Å². The van der Waals surface area contributed by atoms with Crippen LogP contribution in [0.25, 0.3) is 5.52 Å². The zero-order valence-electron chi connectivity index (χ0n) is 20.3. The highest BCUT2D eigenvalue weighted by Crippen LogP contribution is 2.28. The summed E-state index contributed by atoms with van der Waals surface area (Å²) in [5.74, 6) is 0.204. The van der Waals surface area contributed by atoms with Gasteiger partial charge in [0.15, 0.2) is 11.6 Å². The number of aromatic nitrogens is 5. The highest BCUT2D eigenvalue weighted by Gasteiger charge is 2.21. The molecule has 1 aliphatic rings. The van der Waals surface area contributed by atoms with Gasteiger partial charge in [0.2, 0.25) is 0 Å². The first kappa shape index (κ1) is 23.7. The van der Waals surface area contributed by atoms with E-state index in [0.717, 1.165) is 37.6 Å². The number of carbonyl (C=O) groups is 1. The summed E-state index contributed by atoms with van der Waals surface area (Å²) < 4.78 is 17.5. The minimum absolute atomic E-state index is 0.0512. The predicted molar refractivity (Wildman–Crippen MR) is 137 cm³/mol. The first-order chi connectivity index (χ1) is 17.4. The fourth-order valence-electron chi connectivity index (χ4n) is 4.40. The molecule has 0 spiro atoms. The molecular formula is C25H30FN9O. The standard InChI is InChI=1S/C25H30FN9O/c1-15(2)34-12-10-23(32-34)30-20-13-24(29-17-5-3-16(27)4-6-17)33-35-21(20)7-8-22(35)25(36)31-19-9-11-28-14-18(19)26/h7-17H,3-6,27H2,1-2H3,(H,29,33)(H,30,32)(H,28,31,36)/t16-,17-. The smallest absolute Gasteiger partial charge is 0.274 e. The quantitative estimate of drug-likeness (QED) is 0.303. The second kappa shape index (κ2) is 9.94. The third kappa shape index (κ3) is 5.01. The maximum absolute atomic E-state index is 14.1. The minimum Gasteiger partial charge on any atom is -0.366 e. The number of rotatable bonds is 7. The molecule has 5 rings (SSSR count). The van der Waals surface area contributed by atoms with E-state index in [1.807, 2.05) is 23.0 Å². The predicted octanol–water partition coefficient (Wildman–Crippen LogP) is 4.32. The van der Waals surface area contributed by atoms with Gasteiger partial charge in [-0.05, 0) is 57.7 Å². The molecule has 1 amide bonds. The largest absolute Gasteiger partial charge is 0.366 e. The molecular weight excluding hydrogens is 461 g/mol. The number of amides is 1. The van der Waals surface area contributed by atoms with Crippen molar-refractivity contribution in [3.63, 3.8) is 0 Å². The number of fused-ring (bicyclic) bond motifs is 1. The average Bonchev–Trinajstić information content (AvgIpc) is 3.50. The lowest BCUT2D eigenvalue weighted by Gasteiger charge is -2.27. The van der Waals surface area contributed by atoms with Gasteiger partial charge < -0.3 is 21.7 Å². The Kier molecular flexibility index (Phi) is 6.55. The zero-order chi connectivity index (χ0) is 25.2. The number of hydrogen-bond donors (Lipinski definition) is 4. The summed E-state index contributed by atoms with van der Waals surface area (Å²) in [7, 11) is 0. The molecule has 0 unspecified atom stereocenters. The van der Waals surface area contributed by atoms with Crippen LogP contribution in [0.5, 0.6) is 0 Å². The first-order valence-corrected chi connectivity index (χ1v) is 12.2. The SMILES string of the molecule is CC(C)n1ccc(Nc2cc(N[C@H]3CC[C@H](N)CC3)nn3c(C(=O)Nc4ccncc4F)ccc23)n1. The van der Waals surface area contributed by atoms with Crippen LogP contribution in [-0.2, 0) is 0 Å². The van der Waals surface area contributed by atoms with Gasteiger partial charge in [0.1, 0.15) is 11.5 Å². The van der Waals surface area contributed by atoms with Gasteiger partial charge in [-0.1, -0.05) is 0 Å². The van der Waals surface area contributed by atoms with Crippen LogP contribution in [-0.4, -0.2) is 42.4 Å². The molecule has 0 radical (unpaired) electrons. The fraction of sp³-hybridized carbons (Fsp3) is 0.360.